The number of nitrogens with one attached hydrogen (secondary N) is 2. The van der Waals surface area contributed by atoms with E-state index in [2.05, 4.69) is 10.1 Å². The number of primary amides is 1. The third kappa shape index (κ3) is 5.26. The summed E-state index contributed by atoms with van der Waals surface area (Å²) in [6.45, 7) is 1.74. The first-order chi connectivity index (χ1) is 16.5. The van der Waals surface area contributed by atoms with Crippen molar-refractivity contribution in [3.8, 4) is 17.0 Å². The Kier molecular flexibility index (Phi) is 6.74. The fourth-order valence-electron chi connectivity index (χ4n) is 3.08. The Morgan fingerprint density at radius 1 is 1.19 bits per heavy atom. The van der Waals surface area contributed by atoms with Gasteiger partial charge in [0.2, 0.25) is 0 Å². The Labute approximate surface area is 197 Å². The smallest absolute Gasteiger partial charge is 0.434 e. The number of nitrogens with zero attached hydrogens (tertiary/aromatic N) is 3. The number of imidazole rings is 1. The molecule has 0 aliphatic rings. The monoisotopic (exact) mass is 522 g/mol. The third-order valence-corrected chi connectivity index (χ3v) is 4.92. The van der Waals surface area contributed by atoms with Gasteiger partial charge >= 0.3 is 12.4 Å². The Morgan fingerprint density at radius 2 is 1.83 bits per heavy atom. The lowest BCUT2D eigenvalue weighted by atomic mass is 10.1. The van der Waals surface area contributed by atoms with E-state index < -0.39 is 64.3 Å². The first kappa shape index (κ1) is 26.5. The van der Waals surface area contributed by atoms with E-state index in [-0.39, 0.29) is 17.2 Å². The van der Waals surface area contributed by atoms with Gasteiger partial charge in [0.05, 0.1) is 22.6 Å². The molecule has 0 fully saturated rings. The average Bonchev–Trinajstić information content (AvgIpc) is 3.30. The van der Waals surface area contributed by atoms with Crippen LogP contribution in [0.3, 0.4) is 0 Å². The van der Waals surface area contributed by atoms with E-state index in [1.807, 2.05) is 5.32 Å². The Bertz CT molecular complexity index is 1330. The molecule has 0 aliphatic heterocycles. The topological polar surface area (TPSA) is 128 Å². The molecule has 4 N–H and O–H groups in total. The van der Waals surface area contributed by atoms with Gasteiger partial charge in [-0.1, -0.05) is 0 Å². The molecule has 3 rings (SSSR count). The Balaban J connectivity index is 2.12. The second kappa shape index (κ2) is 9.16. The number of amides is 2. The van der Waals surface area contributed by atoms with Crippen molar-refractivity contribution in [3.63, 3.8) is 0 Å². The van der Waals surface area contributed by atoms with Gasteiger partial charge in [0, 0.05) is 18.8 Å². The van der Waals surface area contributed by atoms with Gasteiger partial charge in [-0.15, -0.1) is 0 Å². The number of anilines is 1. The van der Waals surface area contributed by atoms with E-state index in [9.17, 15) is 40.3 Å². The fourth-order valence-corrected chi connectivity index (χ4v) is 3.08. The molecule has 0 saturated heterocycles. The molecule has 0 aliphatic carbocycles. The molecule has 1 aromatic carbocycles. The van der Waals surface area contributed by atoms with Crippen molar-refractivity contribution in [2.24, 2.45) is 12.8 Å². The lowest BCUT2D eigenvalue weighted by Crippen LogP contribution is -2.32. The predicted octanol–water partition coefficient (Wildman–Crippen LogP) is 3.96. The van der Waals surface area contributed by atoms with Crippen molar-refractivity contribution in [3.05, 3.63) is 46.9 Å². The number of aromatic amines is 1. The second-order valence-electron chi connectivity index (χ2n) is 7.57. The molecule has 0 bridgehead atoms. The van der Waals surface area contributed by atoms with Crippen molar-refractivity contribution in [1.29, 1.82) is 0 Å². The van der Waals surface area contributed by atoms with Crippen LogP contribution in [0, 0.1) is 12.7 Å². The van der Waals surface area contributed by atoms with Gasteiger partial charge in [-0.3, -0.25) is 14.7 Å². The quantitative estimate of drug-likeness (QED) is 0.423. The molecule has 2 aromatic heterocycles. The maximum atomic E-state index is 15.0. The molecule has 2 heterocycles. The number of aromatic nitrogens is 4. The molecule has 36 heavy (non-hydrogen) atoms. The lowest BCUT2D eigenvalue weighted by molar-refractivity contribution is -0.189. The maximum Gasteiger partial charge on any atom is 0.434 e. The van der Waals surface area contributed by atoms with Gasteiger partial charge in [-0.2, -0.15) is 31.4 Å². The minimum absolute atomic E-state index is 0.231. The number of rotatable bonds is 6. The van der Waals surface area contributed by atoms with E-state index in [0.717, 1.165) is 17.7 Å². The molecule has 1 unspecified atom stereocenters. The minimum atomic E-state index is -4.96. The number of H-pyrrole nitrogens is 1. The molecule has 9 nitrogen and oxygen atoms in total. The zero-order valence-corrected chi connectivity index (χ0v) is 18.6. The lowest BCUT2D eigenvalue weighted by Gasteiger charge is -2.20. The average molecular weight is 522 g/mol. The fraction of sp³-hybridized carbons (Fsp3) is 0.300. The molecule has 3 aromatic rings. The molecular formula is C20H17F7N6O3. The van der Waals surface area contributed by atoms with Gasteiger partial charge in [-0.05, 0) is 26.0 Å². The van der Waals surface area contributed by atoms with Crippen LogP contribution in [0.15, 0.2) is 18.3 Å². The minimum Gasteiger partial charge on any atom is -0.480 e. The normalized spacial score (nSPS) is 12.9. The highest BCUT2D eigenvalue weighted by atomic mass is 19.4. The summed E-state index contributed by atoms with van der Waals surface area (Å²) in [5.74, 6) is -4.68. The number of hydrogen-bond acceptors (Lipinski definition) is 5. The van der Waals surface area contributed by atoms with Crippen LogP contribution in [-0.2, 0) is 13.2 Å². The molecule has 2 amide bonds. The van der Waals surface area contributed by atoms with Crippen LogP contribution in [0.2, 0.25) is 0 Å². The number of aryl methyl sites for hydroxylation is 2. The Morgan fingerprint density at radius 3 is 2.36 bits per heavy atom. The number of benzene rings is 1. The second-order valence-corrected chi connectivity index (χ2v) is 7.57. The van der Waals surface area contributed by atoms with Crippen LogP contribution >= 0.6 is 0 Å². The summed E-state index contributed by atoms with van der Waals surface area (Å²) in [5.41, 5.74) is 1.11. The zero-order chi connectivity index (χ0) is 27.2. The number of alkyl halides is 6. The van der Waals surface area contributed by atoms with E-state index in [4.69, 9.17) is 10.5 Å². The van der Waals surface area contributed by atoms with Gasteiger partial charge in [0.1, 0.15) is 11.6 Å². The highest BCUT2D eigenvalue weighted by Gasteiger charge is 2.40. The zero-order valence-electron chi connectivity index (χ0n) is 18.6. The molecule has 0 radical (unpaired) electrons. The number of carbonyl (C=O) groups is 2. The molecule has 0 saturated carbocycles. The standard InChI is InChI=1S/C20H17F7N6O3/c1-7-14(15(32-31-7)20(25,26)27)30-18(35)10-4-11(21)9(5-13(10)36-8(2)19(22,23)24)12-6-33(3)17(29-12)16(28)34/h4-6,8H,1-3H3,(H2,28,34)(H,30,35)(H,31,32). The number of halogens is 7. The first-order valence-corrected chi connectivity index (χ1v) is 9.84. The number of hydrogen-bond donors (Lipinski definition) is 3. The van der Waals surface area contributed by atoms with E-state index >= 15 is 0 Å². The third-order valence-electron chi connectivity index (χ3n) is 4.92. The maximum absolute atomic E-state index is 15.0. The van der Waals surface area contributed by atoms with Crippen LogP contribution in [0.4, 0.5) is 36.4 Å². The SMILES string of the molecule is Cc1n[nH]c(C(F)(F)F)c1NC(=O)c1cc(F)c(-c2cn(C)c(C(N)=O)n2)cc1OC(C)C(F)(F)F. The van der Waals surface area contributed by atoms with Crippen molar-refractivity contribution in [1.82, 2.24) is 19.7 Å². The summed E-state index contributed by atoms with van der Waals surface area (Å²) in [6, 6.07) is 1.19. The molecular weight excluding hydrogens is 505 g/mol. The molecule has 0 spiro atoms. The summed E-state index contributed by atoms with van der Waals surface area (Å²) >= 11 is 0. The largest absolute Gasteiger partial charge is 0.480 e. The highest BCUT2D eigenvalue weighted by molar-refractivity contribution is 6.07. The highest BCUT2D eigenvalue weighted by Crippen LogP contribution is 2.37. The number of nitrogens with two attached hydrogens (primary N) is 1. The van der Waals surface area contributed by atoms with Gasteiger partial charge < -0.3 is 20.4 Å². The van der Waals surface area contributed by atoms with Crippen LogP contribution in [0.25, 0.3) is 11.3 Å². The van der Waals surface area contributed by atoms with Gasteiger partial charge in [0.15, 0.2) is 17.6 Å². The van der Waals surface area contributed by atoms with E-state index in [1.165, 1.54) is 7.05 Å². The molecule has 194 valence electrons. The summed E-state index contributed by atoms with van der Waals surface area (Å²) in [6.07, 6.45) is -11.2. The molecule has 16 heteroatoms. The summed E-state index contributed by atoms with van der Waals surface area (Å²) in [7, 11) is 1.35. The van der Waals surface area contributed by atoms with Crippen molar-refractivity contribution < 1.29 is 45.1 Å². The van der Waals surface area contributed by atoms with Crippen LogP contribution in [0.5, 0.6) is 5.75 Å². The first-order valence-electron chi connectivity index (χ1n) is 9.84. The number of ether oxygens (including phenoxy) is 1. The van der Waals surface area contributed by atoms with Crippen molar-refractivity contribution >= 4 is 17.5 Å². The van der Waals surface area contributed by atoms with E-state index in [0.29, 0.717) is 19.1 Å². The van der Waals surface area contributed by atoms with Crippen LogP contribution in [-0.4, -0.2) is 43.8 Å². The van der Waals surface area contributed by atoms with Crippen LogP contribution in [0.1, 0.15) is 39.3 Å². The summed E-state index contributed by atoms with van der Waals surface area (Å²) in [5, 5.41) is 6.96. The predicted molar refractivity (Wildman–Crippen MR) is 110 cm³/mol. The van der Waals surface area contributed by atoms with Crippen molar-refractivity contribution in [2.45, 2.75) is 32.3 Å². The summed E-state index contributed by atoms with van der Waals surface area (Å²) < 4.78 is 100. The molecule has 1 atom stereocenters. The van der Waals surface area contributed by atoms with Crippen LogP contribution < -0.4 is 15.8 Å². The summed E-state index contributed by atoms with van der Waals surface area (Å²) in [4.78, 5) is 28.1. The Hall–Kier alpha value is -4.11. The van der Waals surface area contributed by atoms with Gasteiger partial charge in [0.25, 0.3) is 11.8 Å². The van der Waals surface area contributed by atoms with Gasteiger partial charge in [-0.25, -0.2) is 9.37 Å². The van der Waals surface area contributed by atoms with E-state index in [1.54, 1.807) is 5.10 Å². The number of carbonyl (C=O) groups excluding carboxylic acids is 2. The van der Waals surface area contributed by atoms with Crippen molar-refractivity contribution in [2.75, 3.05) is 5.32 Å².